The topological polar surface area (TPSA) is 87.6 Å². The van der Waals surface area contributed by atoms with E-state index in [1.165, 1.54) is 18.0 Å². The predicted molar refractivity (Wildman–Crippen MR) is 111 cm³/mol. The van der Waals surface area contributed by atoms with Crippen molar-refractivity contribution in [2.45, 2.75) is 32.4 Å². The number of aliphatic hydroxyl groups excluding tert-OH is 1. The van der Waals surface area contributed by atoms with E-state index in [0.29, 0.717) is 16.8 Å². The number of aliphatic hydroxyl groups is 1. The van der Waals surface area contributed by atoms with Gasteiger partial charge in [0.1, 0.15) is 10.6 Å². The van der Waals surface area contributed by atoms with Gasteiger partial charge in [-0.3, -0.25) is 9.78 Å². The molecule has 0 bridgehead atoms. The fourth-order valence-corrected chi connectivity index (χ4v) is 5.66. The molecule has 8 heteroatoms. The molecular weight excluding hydrogens is 400 g/mol. The number of fused-ring (bicyclic) bond motifs is 1. The Balaban J connectivity index is 2.42. The predicted octanol–water partition coefficient (Wildman–Crippen LogP) is 4.07. The number of aromatic nitrogens is 1. The average molecular weight is 421 g/mol. The Morgan fingerprint density at radius 1 is 1.25 bits per heavy atom. The summed E-state index contributed by atoms with van der Waals surface area (Å²) in [4.78, 5) is 17.1. The number of anilines is 1. The largest absolute Gasteiger partial charge is 0.504 e. The number of carbonyl (C=O) groups excluding carboxylic acids is 1. The number of rotatable bonds is 2. The van der Waals surface area contributed by atoms with Gasteiger partial charge in [0.05, 0.1) is 15.5 Å². The van der Waals surface area contributed by atoms with Crippen LogP contribution in [0.25, 0.3) is 10.7 Å². The SMILES string of the molecule is CC(=O)N(C)c1c(C)ccc(C2=C(O)c3ncccc3C(C)(C)S2(=O)=O)c1Cl. The molecule has 0 spiro atoms. The molecule has 1 aliphatic rings. The zero-order valence-corrected chi connectivity index (χ0v) is 17.8. The number of hydrogen-bond acceptors (Lipinski definition) is 5. The molecule has 148 valence electrons. The monoisotopic (exact) mass is 420 g/mol. The molecule has 0 atom stereocenters. The first-order chi connectivity index (χ1) is 12.9. The van der Waals surface area contributed by atoms with Gasteiger partial charge in [-0.25, -0.2) is 8.42 Å². The lowest BCUT2D eigenvalue weighted by atomic mass is 9.97. The second-order valence-electron chi connectivity index (χ2n) is 7.26. The molecule has 6 nitrogen and oxygen atoms in total. The van der Waals surface area contributed by atoms with E-state index >= 15 is 0 Å². The van der Waals surface area contributed by atoms with E-state index in [1.807, 2.05) is 0 Å². The van der Waals surface area contributed by atoms with Crippen LogP contribution in [-0.4, -0.2) is 31.5 Å². The standard InChI is InChI=1S/C20H21ClN2O4S/c1-11-8-9-13(15(21)17(11)23(5)12(2)24)19-18(25)16-14(7-6-10-22-16)20(3,4)28(19,26)27/h6-10,25H,1-5H3. The molecule has 2 heterocycles. The van der Waals surface area contributed by atoms with E-state index in [2.05, 4.69) is 4.98 Å². The molecule has 2 aromatic rings. The summed E-state index contributed by atoms with van der Waals surface area (Å²) in [7, 11) is -2.45. The van der Waals surface area contributed by atoms with Gasteiger partial charge >= 0.3 is 0 Å². The molecule has 0 fully saturated rings. The number of carbonyl (C=O) groups is 1. The number of benzene rings is 1. The Kier molecular flexibility index (Phi) is 4.80. The fraction of sp³-hybridized carbons (Fsp3) is 0.300. The number of hydrogen-bond donors (Lipinski definition) is 1. The smallest absolute Gasteiger partial charge is 0.223 e. The minimum atomic E-state index is -4.01. The lowest BCUT2D eigenvalue weighted by Crippen LogP contribution is -2.35. The molecular formula is C20H21ClN2O4S. The highest BCUT2D eigenvalue weighted by Crippen LogP contribution is 2.49. The van der Waals surface area contributed by atoms with Crippen LogP contribution in [0.2, 0.25) is 5.02 Å². The van der Waals surface area contributed by atoms with Crippen molar-refractivity contribution in [3.8, 4) is 0 Å². The van der Waals surface area contributed by atoms with E-state index in [9.17, 15) is 18.3 Å². The van der Waals surface area contributed by atoms with Crippen LogP contribution < -0.4 is 4.90 Å². The van der Waals surface area contributed by atoms with E-state index in [-0.39, 0.29) is 27.1 Å². The number of nitrogens with zero attached hydrogens (tertiary/aromatic N) is 2. The molecule has 0 unspecified atom stereocenters. The molecule has 0 aliphatic carbocycles. The summed E-state index contributed by atoms with van der Waals surface area (Å²) < 4.78 is 25.6. The number of halogens is 1. The summed E-state index contributed by atoms with van der Waals surface area (Å²) in [5.74, 6) is -0.698. The lowest BCUT2D eigenvalue weighted by molar-refractivity contribution is -0.116. The first-order valence-electron chi connectivity index (χ1n) is 8.60. The Bertz CT molecular complexity index is 1140. The van der Waals surface area contributed by atoms with Crippen LogP contribution in [0.3, 0.4) is 0 Å². The van der Waals surface area contributed by atoms with Gasteiger partial charge in [-0.1, -0.05) is 29.8 Å². The Morgan fingerprint density at radius 3 is 2.50 bits per heavy atom. The molecule has 1 aromatic carbocycles. The molecule has 0 radical (unpaired) electrons. The number of sulfone groups is 1. The zero-order chi connectivity index (χ0) is 21.0. The van der Waals surface area contributed by atoms with Gasteiger partial charge in [0.2, 0.25) is 5.91 Å². The van der Waals surface area contributed by atoms with Crippen molar-refractivity contribution in [2.75, 3.05) is 11.9 Å². The average Bonchev–Trinajstić information content (AvgIpc) is 2.62. The highest BCUT2D eigenvalue weighted by Gasteiger charge is 2.48. The van der Waals surface area contributed by atoms with Crippen LogP contribution in [0.4, 0.5) is 5.69 Å². The van der Waals surface area contributed by atoms with Gasteiger partial charge in [0.15, 0.2) is 15.6 Å². The van der Waals surface area contributed by atoms with Gasteiger partial charge in [0, 0.05) is 31.3 Å². The molecule has 0 saturated carbocycles. The van der Waals surface area contributed by atoms with Crippen LogP contribution >= 0.6 is 11.6 Å². The fourth-order valence-electron chi connectivity index (χ4n) is 3.39. The van der Waals surface area contributed by atoms with Crippen molar-refractivity contribution in [3.05, 3.63) is 57.9 Å². The van der Waals surface area contributed by atoms with Crippen LogP contribution in [0.15, 0.2) is 30.5 Å². The molecule has 1 amide bonds. The first kappa shape index (κ1) is 20.4. The van der Waals surface area contributed by atoms with E-state index in [0.717, 1.165) is 0 Å². The summed E-state index contributed by atoms with van der Waals surface area (Å²) in [6.07, 6.45) is 1.49. The Labute approximate surface area is 169 Å². The highest BCUT2D eigenvalue weighted by atomic mass is 35.5. The third-order valence-electron chi connectivity index (χ3n) is 5.21. The van der Waals surface area contributed by atoms with Crippen LogP contribution in [0.1, 0.15) is 43.2 Å². The maximum Gasteiger partial charge on any atom is 0.223 e. The summed E-state index contributed by atoms with van der Waals surface area (Å²) in [5.41, 5.74) is 1.86. The molecule has 1 N–H and O–H groups in total. The Hall–Kier alpha value is -2.38. The summed E-state index contributed by atoms with van der Waals surface area (Å²) >= 11 is 6.58. The molecule has 1 aromatic heterocycles. The van der Waals surface area contributed by atoms with Crippen LogP contribution in [0.5, 0.6) is 0 Å². The van der Waals surface area contributed by atoms with Crippen molar-refractivity contribution in [2.24, 2.45) is 0 Å². The van der Waals surface area contributed by atoms with E-state index in [4.69, 9.17) is 11.6 Å². The summed E-state index contributed by atoms with van der Waals surface area (Å²) in [5, 5.41) is 11.0. The quantitative estimate of drug-likeness (QED) is 0.791. The van der Waals surface area contributed by atoms with Gasteiger partial charge < -0.3 is 10.0 Å². The van der Waals surface area contributed by atoms with Crippen molar-refractivity contribution in [1.29, 1.82) is 0 Å². The lowest BCUT2D eigenvalue weighted by Gasteiger charge is -2.33. The summed E-state index contributed by atoms with van der Waals surface area (Å²) in [6, 6.07) is 6.49. The molecule has 28 heavy (non-hydrogen) atoms. The third kappa shape index (κ3) is 2.72. The highest BCUT2D eigenvalue weighted by molar-refractivity contribution is 8.01. The number of amides is 1. The maximum atomic E-state index is 13.5. The second-order valence-corrected chi connectivity index (χ2v) is 10.1. The van der Waals surface area contributed by atoms with E-state index < -0.39 is 20.3 Å². The Morgan fingerprint density at radius 2 is 1.89 bits per heavy atom. The number of aryl methyl sites for hydroxylation is 1. The first-order valence-corrected chi connectivity index (χ1v) is 10.5. The molecule has 1 aliphatic heterocycles. The minimum absolute atomic E-state index is 0.0815. The number of pyridine rings is 1. The van der Waals surface area contributed by atoms with Gasteiger partial charge in [0.25, 0.3) is 0 Å². The second kappa shape index (κ2) is 6.60. The van der Waals surface area contributed by atoms with Gasteiger partial charge in [-0.15, -0.1) is 0 Å². The van der Waals surface area contributed by atoms with Gasteiger partial charge in [-0.05, 0) is 32.4 Å². The van der Waals surface area contributed by atoms with Crippen molar-refractivity contribution < 1.29 is 18.3 Å². The van der Waals surface area contributed by atoms with Crippen molar-refractivity contribution in [1.82, 2.24) is 4.98 Å². The maximum absolute atomic E-state index is 13.5. The normalized spacial score (nSPS) is 17.2. The van der Waals surface area contributed by atoms with Gasteiger partial charge in [-0.2, -0.15) is 0 Å². The summed E-state index contributed by atoms with van der Waals surface area (Å²) in [6.45, 7) is 6.30. The molecule has 0 saturated heterocycles. The van der Waals surface area contributed by atoms with Crippen LogP contribution in [0, 0.1) is 6.92 Å². The minimum Gasteiger partial charge on any atom is -0.504 e. The molecule has 3 rings (SSSR count). The zero-order valence-electron chi connectivity index (χ0n) is 16.2. The van der Waals surface area contributed by atoms with Crippen LogP contribution in [-0.2, 0) is 19.4 Å². The van der Waals surface area contributed by atoms with Crippen molar-refractivity contribution in [3.63, 3.8) is 0 Å². The van der Waals surface area contributed by atoms with Crippen molar-refractivity contribution >= 4 is 43.7 Å². The van der Waals surface area contributed by atoms with E-state index in [1.54, 1.807) is 52.1 Å². The third-order valence-corrected chi connectivity index (χ3v) is 8.10.